The third kappa shape index (κ3) is 8.71. The number of hydrogen-bond acceptors (Lipinski definition) is 5. The Labute approximate surface area is 223 Å². The highest BCUT2D eigenvalue weighted by Gasteiger charge is 2.22. The second kappa shape index (κ2) is 13.9. The summed E-state index contributed by atoms with van der Waals surface area (Å²) in [6.45, 7) is 7.39. The minimum absolute atomic E-state index is 0.246. The van der Waals surface area contributed by atoms with Crippen LogP contribution in [0.2, 0.25) is 5.02 Å². The summed E-state index contributed by atoms with van der Waals surface area (Å²) in [7, 11) is 0. The standard InChI is InChI=1S/C30H34ClNO5/c1-4-36-28(30(34)35)17-22-9-15-27(16-10-22)37-29(20-33)32(19-24-7-13-26(31)14-8-24)18-23-5-11-25(12-6-23)21(2)3/h5-16,20-21,28-29H,4,17-19H2,1-3H3,(H,34,35)/t28-,29?/m1/s1. The number of benzene rings is 3. The number of halogens is 1. The van der Waals surface area contributed by atoms with Gasteiger partial charge in [0.2, 0.25) is 6.23 Å². The zero-order chi connectivity index (χ0) is 26.8. The van der Waals surface area contributed by atoms with Crippen LogP contribution in [0.4, 0.5) is 0 Å². The Morgan fingerprint density at radius 2 is 1.46 bits per heavy atom. The van der Waals surface area contributed by atoms with Crippen molar-refractivity contribution < 1.29 is 24.2 Å². The number of ether oxygens (including phenoxy) is 2. The number of carboxylic acids is 1. The molecule has 0 saturated carbocycles. The summed E-state index contributed by atoms with van der Waals surface area (Å²) in [4.78, 5) is 25.6. The van der Waals surface area contributed by atoms with Crippen LogP contribution in [-0.4, -0.2) is 41.2 Å². The first-order valence-electron chi connectivity index (χ1n) is 12.4. The second-order valence-electron chi connectivity index (χ2n) is 9.20. The number of carbonyl (C=O) groups excluding carboxylic acids is 1. The lowest BCUT2D eigenvalue weighted by atomic mass is 10.0. The molecular weight excluding hydrogens is 490 g/mol. The van der Waals surface area contributed by atoms with E-state index in [1.165, 1.54) is 5.56 Å². The van der Waals surface area contributed by atoms with E-state index in [1.54, 1.807) is 31.2 Å². The number of hydrogen-bond donors (Lipinski definition) is 1. The van der Waals surface area contributed by atoms with E-state index in [0.29, 0.717) is 36.4 Å². The summed E-state index contributed by atoms with van der Waals surface area (Å²) < 4.78 is 11.4. The third-order valence-electron chi connectivity index (χ3n) is 6.05. The summed E-state index contributed by atoms with van der Waals surface area (Å²) in [6.07, 6.45) is -0.699. The van der Waals surface area contributed by atoms with Crippen molar-refractivity contribution in [2.24, 2.45) is 0 Å². The number of nitrogens with zero attached hydrogens (tertiary/aromatic N) is 1. The molecule has 1 unspecified atom stereocenters. The topological polar surface area (TPSA) is 76.1 Å². The number of aliphatic carboxylic acids is 1. The summed E-state index contributed by atoms with van der Waals surface area (Å²) in [5.41, 5.74) is 4.13. The van der Waals surface area contributed by atoms with Gasteiger partial charge in [0.15, 0.2) is 12.4 Å². The highest BCUT2D eigenvalue weighted by Crippen LogP contribution is 2.21. The Bertz CT molecular complexity index is 1130. The molecule has 0 heterocycles. The quantitative estimate of drug-likeness (QED) is 0.203. The molecule has 3 aromatic carbocycles. The Balaban J connectivity index is 1.77. The molecule has 0 radical (unpaired) electrons. The van der Waals surface area contributed by atoms with Crippen LogP contribution in [0.15, 0.2) is 72.8 Å². The first-order valence-corrected chi connectivity index (χ1v) is 12.8. The van der Waals surface area contributed by atoms with Gasteiger partial charge >= 0.3 is 5.97 Å². The van der Waals surface area contributed by atoms with Gasteiger partial charge < -0.3 is 14.6 Å². The largest absolute Gasteiger partial charge is 0.479 e. The molecule has 0 aliphatic rings. The van der Waals surface area contributed by atoms with Gasteiger partial charge in [-0.05, 0) is 59.4 Å². The van der Waals surface area contributed by atoms with Crippen LogP contribution in [0.1, 0.15) is 48.9 Å². The van der Waals surface area contributed by atoms with Gasteiger partial charge in [-0.15, -0.1) is 0 Å². The monoisotopic (exact) mass is 523 g/mol. The van der Waals surface area contributed by atoms with Crippen LogP contribution in [0.3, 0.4) is 0 Å². The van der Waals surface area contributed by atoms with Crippen molar-refractivity contribution in [1.29, 1.82) is 0 Å². The van der Waals surface area contributed by atoms with Crippen LogP contribution in [-0.2, 0) is 33.8 Å². The van der Waals surface area contributed by atoms with Crippen LogP contribution >= 0.6 is 11.6 Å². The summed E-state index contributed by atoms with van der Waals surface area (Å²) in [5, 5.41) is 9.98. The van der Waals surface area contributed by atoms with Crippen LogP contribution in [0, 0.1) is 0 Å². The third-order valence-corrected chi connectivity index (χ3v) is 6.30. The average molecular weight is 524 g/mol. The predicted molar refractivity (Wildman–Crippen MR) is 145 cm³/mol. The molecule has 2 atom stereocenters. The normalized spacial score (nSPS) is 12.9. The minimum atomic E-state index is -0.998. The Kier molecular flexibility index (Phi) is 10.7. The van der Waals surface area contributed by atoms with Gasteiger partial charge in [0.25, 0.3) is 0 Å². The lowest BCUT2D eigenvalue weighted by Crippen LogP contribution is -2.40. The van der Waals surface area contributed by atoms with Gasteiger partial charge in [-0.25, -0.2) is 4.79 Å². The maximum absolute atomic E-state index is 12.2. The molecule has 1 N–H and O–H groups in total. The molecule has 196 valence electrons. The summed E-state index contributed by atoms with van der Waals surface area (Å²) >= 11 is 6.06. The fourth-order valence-electron chi connectivity index (χ4n) is 3.97. The molecule has 0 bridgehead atoms. The van der Waals surface area contributed by atoms with E-state index >= 15 is 0 Å². The number of aldehydes is 1. The highest BCUT2D eigenvalue weighted by atomic mass is 35.5. The van der Waals surface area contributed by atoms with Crippen molar-refractivity contribution in [2.45, 2.75) is 58.5 Å². The molecule has 6 nitrogen and oxygen atoms in total. The molecule has 0 spiro atoms. The minimum Gasteiger partial charge on any atom is -0.479 e. The molecule has 0 fully saturated rings. The average Bonchev–Trinajstić information content (AvgIpc) is 2.89. The van der Waals surface area contributed by atoms with E-state index in [0.717, 1.165) is 23.0 Å². The summed E-state index contributed by atoms with van der Waals surface area (Å²) in [6, 6.07) is 23.0. The van der Waals surface area contributed by atoms with Crippen molar-refractivity contribution in [3.8, 4) is 5.75 Å². The molecule has 0 aliphatic carbocycles. The van der Waals surface area contributed by atoms with Crippen molar-refractivity contribution in [2.75, 3.05) is 6.61 Å². The first kappa shape index (κ1) is 28.4. The maximum Gasteiger partial charge on any atom is 0.333 e. The van der Waals surface area contributed by atoms with E-state index in [-0.39, 0.29) is 6.42 Å². The van der Waals surface area contributed by atoms with E-state index in [9.17, 15) is 14.7 Å². The predicted octanol–water partition coefficient (Wildman–Crippen LogP) is 6.10. The van der Waals surface area contributed by atoms with Gasteiger partial charge in [0.05, 0.1) is 0 Å². The van der Waals surface area contributed by atoms with E-state index in [1.807, 2.05) is 29.2 Å². The molecule has 7 heteroatoms. The van der Waals surface area contributed by atoms with E-state index in [4.69, 9.17) is 21.1 Å². The number of rotatable bonds is 14. The molecular formula is C30H34ClNO5. The molecule has 0 amide bonds. The molecule has 0 aliphatic heterocycles. The van der Waals surface area contributed by atoms with Crippen molar-refractivity contribution in [3.63, 3.8) is 0 Å². The maximum atomic E-state index is 12.2. The molecule has 3 aromatic rings. The smallest absolute Gasteiger partial charge is 0.333 e. The van der Waals surface area contributed by atoms with Crippen LogP contribution in [0.5, 0.6) is 5.75 Å². The summed E-state index contributed by atoms with van der Waals surface area (Å²) in [5.74, 6) is -0.0459. The van der Waals surface area contributed by atoms with Crippen molar-refractivity contribution in [3.05, 3.63) is 100 Å². The highest BCUT2D eigenvalue weighted by molar-refractivity contribution is 6.30. The lowest BCUT2D eigenvalue weighted by molar-refractivity contribution is -0.149. The van der Waals surface area contributed by atoms with Crippen molar-refractivity contribution >= 4 is 23.9 Å². The van der Waals surface area contributed by atoms with Crippen LogP contribution < -0.4 is 4.74 Å². The van der Waals surface area contributed by atoms with Gasteiger partial charge in [0, 0.05) is 31.1 Å². The SMILES string of the molecule is CCO[C@H](Cc1ccc(OC(C=O)N(Cc2ccc(Cl)cc2)Cc2ccc(C(C)C)cc2)cc1)C(=O)O. The molecule has 37 heavy (non-hydrogen) atoms. The van der Waals surface area contributed by atoms with Gasteiger partial charge in [0.1, 0.15) is 5.75 Å². The van der Waals surface area contributed by atoms with Crippen molar-refractivity contribution in [1.82, 2.24) is 4.90 Å². The van der Waals surface area contributed by atoms with Gasteiger partial charge in [-0.1, -0.05) is 74.0 Å². The molecule has 0 aromatic heterocycles. The fourth-order valence-corrected chi connectivity index (χ4v) is 4.09. The van der Waals surface area contributed by atoms with Gasteiger partial charge in [-0.2, -0.15) is 0 Å². The van der Waals surface area contributed by atoms with E-state index < -0.39 is 18.3 Å². The molecule has 0 saturated heterocycles. The van der Waals surface area contributed by atoms with E-state index in [2.05, 4.69) is 38.1 Å². The Hall–Kier alpha value is -3.19. The lowest BCUT2D eigenvalue weighted by Gasteiger charge is -2.29. The number of carbonyl (C=O) groups is 2. The first-order chi connectivity index (χ1) is 17.8. The second-order valence-corrected chi connectivity index (χ2v) is 9.64. The molecule has 3 rings (SSSR count). The van der Waals surface area contributed by atoms with Crippen LogP contribution in [0.25, 0.3) is 0 Å². The zero-order valence-corrected chi connectivity index (χ0v) is 22.2. The Morgan fingerprint density at radius 1 is 0.919 bits per heavy atom. The number of carboxylic acid groups (broad SMARTS) is 1. The fraction of sp³-hybridized carbons (Fsp3) is 0.333. The zero-order valence-electron chi connectivity index (χ0n) is 21.5. The Morgan fingerprint density at radius 3 is 1.95 bits per heavy atom. The van der Waals surface area contributed by atoms with Gasteiger partial charge in [-0.3, -0.25) is 9.69 Å².